The van der Waals surface area contributed by atoms with Gasteiger partial charge in [-0.3, -0.25) is 0 Å². The van der Waals surface area contributed by atoms with Gasteiger partial charge in [-0.25, -0.2) is 13.1 Å². The number of hydrogen-bond acceptors (Lipinski definition) is 3. The minimum atomic E-state index is -3.45. The van der Waals surface area contributed by atoms with Crippen molar-refractivity contribution >= 4 is 10.0 Å². The van der Waals surface area contributed by atoms with Gasteiger partial charge in [0, 0.05) is 6.54 Å². The predicted molar refractivity (Wildman–Crippen MR) is 68.4 cm³/mol. The van der Waals surface area contributed by atoms with Gasteiger partial charge >= 0.3 is 0 Å². The average molecular weight is 264 g/mol. The molecule has 2 atom stereocenters. The van der Waals surface area contributed by atoms with E-state index in [0.717, 1.165) is 6.42 Å². The molecule has 0 aromatic heterocycles. The minimum absolute atomic E-state index is 0.259. The largest absolute Gasteiger partial charge is 0.240 e. The number of sulfonamides is 1. The Hall–Kier alpha value is -1.38. The number of nitrogens with zero attached hydrogens (tertiary/aromatic N) is 1. The van der Waals surface area contributed by atoms with Crippen LogP contribution in [0, 0.1) is 30.1 Å². The zero-order valence-electron chi connectivity index (χ0n) is 10.5. The Morgan fingerprint density at radius 3 is 2.67 bits per heavy atom. The number of aryl methyl sites for hydroxylation is 1. The van der Waals surface area contributed by atoms with Crippen molar-refractivity contribution in [3.05, 3.63) is 29.3 Å². The van der Waals surface area contributed by atoms with Crippen molar-refractivity contribution in [2.75, 3.05) is 6.54 Å². The SMILES string of the molecule is Cc1cc(C#N)ccc1S(=O)(=O)NCC1CC1C. The standard InChI is InChI=1S/C13H16N2O2S/c1-9-6-12(9)8-15-18(16,17)13-4-3-11(7-14)5-10(13)2/h3-5,9,12,15H,6,8H2,1-2H3. The van der Waals surface area contributed by atoms with Gasteiger partial charge in [0.1, 0.15) is 0 Å². The van der Waals surface area contributed by atoms with Crippen molar-refractivity contribution in [2.45, 2.75) is 25.2 Å². The predicted octanol–water partition coefficient (Wildman–Crippen LogP) is 1.80. The second kappa shape index (κ2) is 4.71. The van der Waals surface area contributed by atoms with E-state index in [9.17, 15) is 8.42 Å². The summed E-state index contributed by atoms with van der Waals surface area (Å²) in [7, 11) is -3.45. The van der Waals surface area contributed by atoms with Gasteiger partial charge in [0.15, 0.2) is 0 Å². The first-order chi connectivity index (χ1) is 8.44. The van der Waals surface area contributed by atoms with E-state index in [2.05, 4.69) is 11.6 Å². The van der Waals surface area contributed by atoms with E-state index in [1.54, 1.807) is 13.0 Å². The highest BCUT2D eigenvalue weighted by atomic mass is 32.2. The highest BCUT2D eigenvalue weighted by molar-refractivity contribution is 7.89. The number of hydrogen-bond donors (Lipinski definition) is 1. The summed E-state index contributed by atoms with van der Waals surface area (Å²) in [5.41, 5.74) is 1.08. The Labute approximate surface area is 108 Å². The van der Waals surface area contributed by atoms with Crippen molar-refractivity contribution in [2.24, 2.45) is 11.8 Å². The van der Waals surface area contributed by atoms with Crippen LogP contribution in [0.3, 0.4) is 0 Å². The normalized spacial score (nSPS) is 22.5. The van der Waals surface area contributed by atoms with Gasteiger partial charge < -0.3 is 0 Å². The molecule has 1 aliphatic rings. The van der Waals surface area contributed by atoms with Crippen LogP contribution in [0.2, 0.25) is 0 Å². The van der Waals surface area contributed by atoms with Crippen molar-refractivity contribution < 1.29 is 8.42 Å². The fourth-order valence-electron chi connectivity index (χ4n) is 2.00. The van der Waals surface area contributed by atoms with Crippen LogP contribution in [0.4, 0.5) is 0 Å². The van der Waals surface area contributed by atoms with Crippen molar-refractivity contribution in [1.29, 1.82) is 5.26 Å². The van der Waals surface area contributed by atoms with Gasteiger partial charge in [0.25, 0.3) is 0 Å². The third-order valence-electron chi connectivity index (χ3n) is 3.41. The van der Waals surface area contributed by atoms with Gasteiger partial charge in [-0.2, -0.15) is 5.26 Å². The molecule has 0 bridgehead atoms. The summed E-state index contributed by atoms with van der Waals surface area (Å²) in [4.78, 5) is 0.259. The Bertz CT molecular complexity index is 602. The molecule has 0 amide bonds. The summed E-state index contributed by atoms with van der Waals surface area (Å²) in [6, 6.07) is 6.61. The molecule has 0 heterocycles. The number of benzene rings is 1. The maximum absolute atomic E-state index is 12.1. The fourth-order valence-corrected chi connectivity index (χ4v) is 3.32. The molecule has 0 radical (unpaired) electrons. The monoisotopic (exact) mass is 264 g/mol. The highest BCUT2D eigenvalue weighted by Gasteiger charge is 2.33. The maximum atomic E-state index is 12.1. The highest BCUT2D eigenvalue weighted by Crippen LogP contribution is 2.37. The van der Waals surface area contributed by atoms with Gasteiger partial charge in [-0.1, -0.05) is 6.92 Å². The van der Waals surface area contributed by atoms with Crippen molar-refractivity contribution in [3.63, 3.8) is 0 Å². The Morgan fingerprint density at radius 2 is 2.17 bits per heavy atom. The topological polar surface area (TPSA) is 70.0 Å². The van der Waals surface area contributed by atoms with E-state index >= 15 is 0 Å². The molecule has 0 aliphatic heterocycles. The van der Waals surface area contributed by atoms with Crippen LogP contribution < -0.4 is 4.72 Å². The number of nitriles is 1. The molecule has 0 saturated heterocycles. The Balaban J connectivity index is 2.16. The van der Waals surface area contributed by atoms with Crippen LogP contribution in [-0.2, 0) is 10.0 Å². The molecule has 1 saturated carbocycles. The van der Waals surface area contributed by atoms with Gasteiger partial charge in [-0.05, 0) is 48.9 Å². The molecule has 1 aromatic rings. The number of nitrogens with one attached hydrogen (secondary N) is 1. The lowest BCUT2D eigenvalue weighted by Crippen LogP contribution is -2.26. The number of rotatable bonds is 4. The molecular formula is C13H16N2O2S. The molecule has 1 fully saturated rings. The molecule has 1 N–H and O–H groups in total. The average Bonchev–Trinajstić information content (AvgIpc) is 3.02. The van der Waals surface area contributed by atoms with Crippen LogP contribution in [0.1, 0.15) is 24.5 Å². The summed E-state index contributed by atoms with van der Waals surface area (Å²) < 4.78 is 26.8. The van der Waals surface area contributed by atoms with E-state index in [0.29, 0.717) is 29.5 Å². The zero-order valence-corrected chi connectivity index (χ0v) is 11.3. The maximum Gasteiger partial charge on any atom is 0.240 e. The van der Waals surface area contributed by atoms with Crippen LogP contribution in [0.25, 0.3) is 0 Å². The quantitative estimate of drug-likeness (QED) is 0.901. The van der Waals surface area contributed by atoms with Crippen LogP contribution in [0.5, 0.6) is 0 Å². The first-order valence-electron chi connectivity index (χ1n) is 5.94. The molecule has 2 unspecified atom stereocenters. The summed E-state index contributed by atoms with van der Waals surface area (Å²) in [6.07, 6.45) is 1.09. The van der Waals surface area contributed by atoms with E-state index in [1.807, 2.05) is 6.07 Å². The van der Waals surface area contributed by atoms with Gasteiger partial charge in [0.2, 0.25) is 10.0 Å². The van der Waals surface area contributed by atoms with Crippen LogP contribution in [-0.4, -0.2) is 15.0 Å². The molecule has 0 spiro atoms. The van der Waals surface area contributed by atoms with E-state index in [4.69, 9.17) is 5.26 Å². The second-order valence-corrected chi connectivity index (χ2v) is 6.65. The molecule has 96 valence electrons. The molecule has 4 nitrogen and oxygen atoms in total. The van der Waals surface area contributed by atoms with Gasteiger partial charge in [-0.15, -0.1) is 0 Å². The first-order valence-corrected chi connectivity index (χ1v) is 7.43. The van der Waals surface area contributed by atoms with E-state index in [-0.39, 0.29) is 4.90 Å². The molecule has 5 heteroatoms. The fraction of sp³-hybridized carbons (Fsp3) is 0.462. The van der Waals surface area contributed by atoms with Gasteiger partial charge in [0.05, 0.1) is 16.5 Å². The van der Waals surface area contributed by atoms with Crippen LogP contribution in [0.15, 0.2) is 23.1 Å². The second-order valence-electron chi connectivity index (χ2n) is 4.92. The summed E-state index contributed by atoms with van der Waals surface area (Å²) >= 11 is 0. The van der Waals surface area contributed by atoms with E-state index in [1.165, 1.54) is 12.1 Å². The first kappa shape index (κ1) is 13.1. The van der Waals surface area contributed by atoms with Crippen LogP contribution >= 0.6 is 0 Å². The molecule has 1 aliphatic carbocycles. The third-order valence-corrected chi connectivity index (χ3v) is 4.99. The van der Waals surface area contributed by atoms with Crippen molar-refractivity contribution in [1.82, 2.24) is 4.72 Å². The van der Waals surface area contributed by atoms with E-state index < -0.39 is 10.0 Å². The molecular weight excluding hydrogens is 248 g/mol. The lowest BCUT2D eigenvalue weighted by atomic mass is 10.2. The zero-order chi connectivity index (χ0) is 13.3. The summed E-state index contributed by atoms with van der Waals surface area (Å²) in [5.74, 6) is 1.09. The lowest BCUT2D eigenvalue weighted by Gasteiger charge is -2.09. The molecule has 2 rings (SSSR count). The summed E-state index contributed by atoms with van der Waals surface area (Å²) in [5, 5.41) is 8.75. The molecule has 18 heavy (non-hydrogen) atoms. The Morgan fingerprint density at radius 1 is 1.50 bits per heavy atom. The lowest BCUT2D eigenvalue weighted by molar-refractivity contribution is 0.574. The third kappa shape index (κ3) is 2.71. The molecule has 1 aromatic carbocycles. The summed E-state index contributed by atoms with van der Waals surface area (Å²) in [6.45, 7) is 4.32. The Kier molecular flexibility index (Phi) is 3.42. The minimum Gasteiger partial charge on any atom is -0.211 e. The smallest absolute Gasteiger partial charge is 0.211 e. The van der Waals surface area contributed by atoms with Crippen molar-refractivity contribution in [3.8, 4) is 6.07 Å².